The molecule has 3 N–H and O–H groups in total. The number of carbonyl (C=O) groups is 2. The summed E-state index contributed by atoms with van der Waals surface area (Å²) in [6.07, 6.45) is 3.24. The van der Waals surface area contributed by atoms with Gasteiger partial charge in [-0.15, -0.1) is 0 Å². The summed E-state index contributed by atoms with van der Waals surface area (Å²) in [7, 11) is 0. The summed E-state index contributed by atoms with van der Waals surface area (Å²) >= 11 is 0. The van der Waals surface area contributed by atoms with Gasteiger partial charge >= 0.3 is 0 Å². The maximum atomic E-state index is 12.5. The number of fused-ring (bicyclic) bond motifs is 1. The van der Waals surface area contributed by atoms with Crippen molar-refractivity contribution in [2.75, 3.05) is 5.32 Å². The summed E-state index contributed by atoms with van der Waals surface area (Å²) in [5, 5.41) is 3.02. The highest BCUT2D eigenvalue weighted by Gasteiger charge is 2.13. The Bertz CT molecular complexity index is 1250. The van der Waals surface area contributed by atoms with Crippen LogP contribution < -0.4 is 16.2 Å². The number of aromatic nitrogens is 4. The van der Waals surface area contributed by atoms with Crippen molar-refractivity contribution in [3.63, 3.8) is 0 Å². The summed E-state index contributed by atoms with van der Waals surface area (Å²) in [6.45, 7) is 4.77. The first-order chi connectivity index (χ1) is 15.0. The van der Waals surface area contributed by atoms with Gasteiger partial charge in [0, 0.05) is 35.8 Å². The highest BCUT2D eigenvalue weighted by molar-refractivity contribution is 6.01. The molecule has 0 fully saturated rings. The molecule has 4 aromatic rings. The lowest BCUT2D eigenvalue weighted by Gasteiger charge is -2.09. The average Bonchev–Trinajstić information content (AvgIpc) is 3.12. The van der Waals surface area contributed by atoms with Crippen LogP contribution >= 0.6 is 0 Å². The van der Waals surface area contributed by atoms with E-state index in [2.05, 4.69) is 35.7 Å². The van der Waals surface area contributed by atoms with E-state index in [1.165, 1.54) is 0 Å². The minimum absolute atomic E-state index is 0.369. The van der Waals surface area contributed by atoms with E-state index in [1.807, 2.05) is 19.9 Å². The van der Waals surface area contributed by atoms with Crippen LogP contribution in [0.15, 0.2) is 60.9 Å². The molecule has 0 spiro atoms. The summed E-state index contributed by atoms with van der Waals surface area (Å²) in [5.74, 6) is 0.436. The van der Waals surface area contributed by atoms with Gasteiger partial charge in [-0.1, -0.05) is 6.07 Å². The van der Waals surface area contributed by atoms with Crippen LogP contribution in [0.3, 0.4) is 0 Å². The van der Waals surface area contributed by atoms with E-state index in [4.69, 9.17) is 0 Å². The Morgan fingerprint density at radius 3 is 2.35 bits per heavy atom. The van der Waals surface area contributed by atoms with Crippen LogP contribution in [-0.4, -0.2) is 31.3 Å². The Morgan fingerprint density at radius 2 is 1.65 bits per heavy atom. The molecule has 2 aromatic heterocycles. The molecule has 0 aliphatic heterocycles. The Morgan fingerprint density at radius 1 is 0.935 bits per heavy atom. The fourth-order valence-electron chi connectivity index (χ4n) is 3.28. The molecule has 9 nitrogen and oxygen atoms in total. The fourth-order valence-corrected chi connectivity index (χ4v) is 3.28. The third kappa shape index (κ3) is 4.35. The van der Waals surface area contributed by atoms with Gasteiger partial charge in [0.2, 0.25) is 5.95 Å². The molecule has 156 valence electrons. The van der Waals surface area contributed by atoms with E-state index >= 15 is 0 Å². The van der Waals surface area contributed by atoms with Gasteiger partial charge in [0.1, 0.15) is 5.82 Å². The molecule has 2 amide bonds. The van der Waals surface area contributed by atoms with Crippen molar-refractivity contribution in [1.29, 1.82) is 0 Å². The number of aryl methyl sites for hydroxylation is 2. The second-order valence-electron chi connectivity index (χ2n) is 6.79. The van der Waals surface area contributed by atoms with Crippen LogP contribution in [0.1, 0.15) is 33.5 Å². The first kappa shape index (κ1) is 20.0. The Hall–Kier alpha value is -4.27. The number of anilines is 2. The van der Waals surface area contributed by atoms with Gasteiger partial charge in [0.15, 0.2) is 0 Å². The standard InChI is InChI=1S/C22H21N7O2/c1-3-29-14(2)25-18-13-16(8-9-19(18)29)21(31)28-27-20(30)15-6-4-7-17(12-15)26-22-23-10-5-11-24-22/h4-13H,3H2,1-2H3,(H,27,30)(H,28,31)(H,23,24,26). The second-order valence-corrected chi connectivity index (χ2v) is 6.79. The zero-order valence-electron chi connectivity index (χ0n) is 17.1. The van der Waals surface area contributed by atoms with Crippen molar-refractivity contribution in [3.05, 3.63) is 77.9 Å². The second kappa shape index (κ2) is 8.62. The molecule has 0 radical (unpaired) electrons. The fraction of sp³-hybridized carbons (Fsp3) is 0.136. The Balaban J connectivity index is 1.42. The van der Waals surface area contributed by atoms with Crippen molar-refractivity contribution < 1.29 is 9.59 Å². The van der Waals surface area contributed by atoms with Gasteiger partial charge in [-0.3, -0.25) is 20.4 Å². The Kier molecular flexibility index (Phi) is 5.57. The Labute approximate surface area is 178 Å². The number of carbonyl (C=O) groups excluding carboxylic acids is 2. The van der Waals surface area contributed by atoms with Crippen molar-refractivity contribution in [2.45, 2.75) is 20.4 Å². The molecule has 31 heavy (non-hydrogen) atoms. The largest absolute Gasteiger partial charge is 0.329 e. The summed E-state index contributed by atoms with van der Waals surface area (Å²) in [5.41, 5.74) is 8.02. The topological polar surface area (TPSA) is 114 Å². The van der Waals surface area contributed by atoms with E-state index in [0.29, 0.717) is 22.8 Å². The van der Waals surface area contributed by atoms with E-state index in [1.54, 1.807) is 54.9 Å². The predicted molar refractivity (Wildman–Crippen MR) is 117 cm³/mol. The molecular formula is C22H21N7O2. The SMILES string of the molecule is CCn1c(C)nc2cc(C(=O)NNC(=O)c3cccc(Nc4ncccn4)c3)ccc21. The van der Waals surface area contributed by atoms with Gasteiger partial charge in [-0.2, -0.15) is 0 Å². The molecule has 2 aromatic carbocycles. The minimum Gasteiger partial charge on any atom is -0.329 e. The minimum atomic E-state index is -0.446. The monoisotopic (exact) mass is 415 g/mol. The van der Waals surface area contributed by atoms with Crippen molar-refractivity contribution >= 4 is 34.5 Å². The smallest absolute Gasteiger partial charge is 0.269 e. The molecule has 0 aliphatic rings. The van der Waals surface area contributed by atoms with Crippen LogP contribution in [0.2, 0.25) is 0 Å². The normalized spacial score (nSPS) is 10.6. The highest BCUT2D eigenvalue weighted by Crippen LogP contribution is 2.18. The van der Waals surface area contributed by atoms with Gasteiger partial charge < -0.3 is 9.88 Å². The molecule has 4 rings (SSSR count). The first-order valence-corrected chi connectivity index (χ1v) is 9.77. The molecule has 9 heteroatoms. The maximum absolute atomic E-state index is 12.5. The number of hydrogen-bond donors (Lipinski definition) is 3. The summed E-state index contributed by atoms with van der Waals surface area (Å²) in [4.78, 5) is 37.7. The summed E-state index contributed by atoms with van der Waals surface area (Å²) < 4.78 is 2.07. The molecule has 0 aliphatic carbocycles. The molecule has 0 saturated heterocycles. The number of nitrogens with one attached hydrogen (secondary N) is 3. The first-order valence-electron chi connectivity index (χ1n) is 9.77. The molecule has 2 heterocycles. The van der Waals surface area contributed by atoms with Gasteiger partial charge in [-0.25, -0.2) is 15.0 Å². The van der Waals surface area contributed by atoms with Crippen LogP contribution in [0.5, 0.6) is 0 Å². The van der Waals surface area contributed by atoms with Crippen molar-refractivity contribution in [1.82, 2.24) is 30.4 Å². The van der Waals surface area contributed by atoms with Gasteiger partial charge in [0.05, 0.1) is 11.0 Å². The van der Waals surface area contributed by atoms with Crippen LogP contribution in [0.4, 0.5) is 11.6 Å². The third-order valence-corrected chi connectivity index (χ3v) is 4.75. The number of hydrazine groups is 1. The van der Waals surface area contributed by atoms with Gasteiger partial charge in [-0.05, 0) is 56.3 Å². The van der Waals surface area contributed by atoms with E-state index in [9.17, 15) is 9.59 Å². The number of benzene rings is 2. The summed E-state index contributed by atoms with van der Waals surface area (Å²) in [6, 6.07) is 13.8. The highest BCUT2D eigenvalue weighted by atomic mass is 16.2. The predicted octanol–water partition coefficient (Wildman–Crippen LogP) is 2.97. The lowest BCUT2D eigenvalue weighted by molar-refractivity contribution is 0.0847. The number of amides is 2. The van der Waals surface area contributed by atoms with E-state index in [0.717, 1.165) is 23.4 Å². The van der Waals surface area contributed by atoms with Crippen LogP contribution in [-0.2, 0) is 6.54 Å². The average molecular weight is 415 g/mol. The number of imidazole rings is 1. The quantitative estimate of drug-likeness (QED) is 0.432. The maximum Gasteiger partial charge on any atom is 0.269 e. The van der Waals surface area contributed by atoms with Crippen molar-refractivity contribution in [3.8, 4) is 0 Å². The third-order valence-electron chi connectivity index (χ3n) is 4.75. The van der Waals surface area contributed by atoms with Crippen LogP contribution in [0, 0.1) is 6.92 Å². The van der Waals surface area contributed by atoms with E-state index in [-0.39, 0.29) is 0 Å². The molecule has 0 saturated carbocycles. The molecule has 0 unspecified atom stereocenters. The number of nitrogens with zero attached hydrogens (tertiary/aromatic N) is 4. The van der Waals surface area contributed by atoms with Gasteiger partial charge in [0.25, 0.3) is 11.8 Å². The molecule has 0 bridgehead atoms. The van der Waals surface area contributed by atoms with Crippen LogP contribution in [0.25, 0.3) is 11.0 Å². The van der Waals surface area contributed by atoms with Crippen molar-refractivity contribution in [2.24, 2.45) is 0 Å². The lowest BCUT2D eigenvalue weighted by atomic mass is 10.2. The molecule has 0 atom stereocenters. The zero-order chi connectivity index (χ0) is 21.8. The molecular weight excluding hydrogens is 394 g/mol. The van der Waals surface area contributed by atoms with E-state index < -0.39 is 11.8 Å². The zero-order valence-corrected chi connectivity index (χ0v) is 17.1. The number of rotatable bonds is 5. The number of hydrogen-bond acceptors (Lipinski definition) is 6. The lowest BCUT2D eigenvalue weighted by Crippen LogP contribution is -2.41.